The Morgan fingerprint density at radius 1 is 0.893 bits per heavy atom. The van der Waals surface area contributed by atoms with Crippen LogP contribution < -0.4 is 20.1 Å². The van der Waals surface area contributed by atoms with E-state index in [2.05, 4.69) is 20.6 Å². The molecule has 0 amide bonds. The molecule has 0 saturated heterocycles. The van der Waals surface area contributed by atoms with Crippen LogP contribution in [0.2, 0.25) is 0 Å². The molecule has 146 valence electrons. The van der Waals surface area contributed by atoms with E-state index in [9.17, 15) is 4.39 Å². The van der Waals surface area contributed by atoms with Gasteiger partial charge in [0.2, 0.25) is 5.95 Å². The van der Waals surface area contributed by atoms with Gasteiger partial charge in [0.15, 0.2) is 11.5 Å². The van der Waals surface area contributed by atoms with Gasteiger partial charge in [-0.05, 0) is 47.9 Å². The largest absolute Gasteiger partial charge is 0.493 e. The molecule has 0 spiro atoms. The number of ether oxygens (including phenoxy) is 2. The second kappa shape index (κ2) is 9.55. The SMILES string of the molecule is COc1ccc(CCNc2ccnc(NCc3ccc(F)cc3)n2)cc1OC. The minimum absolute atomic E-state index is 0.249. The van der Waals surface area contributed by atoms with Crippen molar-refractivity contribution in [1.29, 1.82) is 0 Å². The van der Waals surface area contributed by atoms with Gasteiger partial charge in [-0.1, -0.05) is 18.2 Å². The molecule has 2 aromatic carbocycles. The highest BCUT2D eigenvalue weighted by atomic mass is 19.1. The van der Waals surface area contributed by atoms with Gasteiger partial charge in [-0.15, -0.1) is 0 Å². The molecule has 0 bridgehead atoms. The van der Waals surface area contributed by atoms with E-state index in [4.69, 9.17) is 9.47 Å². The van der Waals surface area contributed by atoms with E-state index in [0.717, 1.165) is 23.4 Å². The van der Waals surface area contributed by atoms with Crippen LogP contribution in [-0.4, -0.2) is 30.7 Å². The van der Waals surface area contributed by atoms with Crippen LogP contribution in [0.3, 0.4) is 0 Å². The van der Waals surface area contributed by atoms with E-state index in [-0.39, 0.29) is 5.82 Å². The number of methoxy groups -OCH3 is 2. The molecule has 3 rings (SSSR count). The molecule has 0 unspecified atom stereocenters. The topological polar surface area (TPSA) is 68.3 Å². The van der Waals surface area contributed by atoms with Crippen LogP contribution in [0.15, 0.2) is 54.7 Å². The van der Waals surface area contributed by atoms with Gasteiger partial charge in [-0.25, -0.2) is 9.37 Å². The summed E-state index contributed by atoms with van der Waals surface area (Å²) in [5.74, 6) is 2.43. The molecule has 28 heavy (non-hydrogen) atoms. The number of anilines is 2. The molecule has 0 aliphatic rings. The summed E-state index contributed by atoms with van der Waals surface area (Å²) in [6.07, 6.45) is 2.50. The summed E-state index contributed by atoms with van der Waals surface area (Å²) in [5.41, 5.74) is 2.09. The van der Waals surface area contributed by atoms with Gasteiger partial charge in [0.05, 0.1) is 14.2 Å². The first-order chi connectivity index (χ1) is 13.7. The van der Waals surface area contributed by atoms with Crippen molar-refractivity contribution in [2.24, 2.45) is 0 Å². The Hall–Kier alpha value is -3.35. The quantitative estimate of drug-likeness (QED) is 0.585. The predicted molar refractivity (Wildman–Crippen MR) is 107 cm³/mol. The fourth-order valence-corrected chi connectivity index (χ4v) is 2.70. The second-order valence-corrected chi connectivity index (χ2v) is 6.11. The summed E-state index contributed by atoms with van der Waals surface area (Å²) >= 11 is 0. The van der Waals surface area contributed by atoms with Gasteiger partial charge in [0.1, 0.15) is 11.6 Å². The molecule has 0 aliphatic heterocycles. The first-order valence-electron chi connectivity index (χ1n) is 8.94. The molecule has 0 aliphatic carbocycles. The maximum Gasteiger partial charge on any atom is 0.224 e. The lowest BCUT2D eigenvalue weighted by molar-refractivity contribution is 0.354. The van der Waals surface area contributed by atoms with E-state index in [1.807, 2.05) is 24.3 Å². The van der Waals surface area contributed by atoms with Crippen LogP contribution in [0.5, 0.6) is 11.5 Å². The lowest BCUT2D eigenvalue weighted by Gasteiger charge is -2.11. The third-order valence-electron chi connectivity index (χ3n) is 4.19. The molecule has 2 N–H and O–H groups in total. The minimum Gasteiger partial charge on any atom is -0.493 e. The lowest BCUT2D eigenvalue weighted by atomic mass is 10.1. The summed E-state index contributed by atoms with van der Waals surface area (Å²) in [5, 5.41) is 6.43. The second-order valence-electron chi connectivity index (χ2n) is 6.11. The number of hydrogen-bond donors (Lipinski definition) is 2. The number of aromatic nitrogens is 2. The highest BCUT2D eigenvalue weighted by molar-refractivity contribution is 5.44. The normalized spacial score (nSPS) is 10.4. The van der Waals surface area contributed by atoms with E-state index in [1.165, 1.54) is 12.1 Å². The average molecular weight is 382 g/mol. The first kappa shape index (κ1) is 19.4. The molecule has 6 nitrogen and oxygen atoms in total. The van der Waals surface area contributed by atoms with Crippen LogP contribution in [-0.2, 0) is 13.0 Å². The van der Waals surface area contributed by atoms with Crippen LogP contribution in [0.25, 0.3) is 0 Å². The van der Waals surface area contributed by atoms with E-state index in [0.29, 0.717) is 30.5 Å². The molecule has 0 atom stereocenters. The zero-order valence-corrected chi connectivity index (χ0v) is 15.9. The molecule has 1 aromatic heterocycles. The van der Waals surface area contributed by atoms with E-state index in [1.54, 1.807) is 32.5 Å². The van der Waals surface area contributed by atoms with Crippen LogP contribution >= 0.6 is 0 Å². The summed E-state index contributed by atoms with van der Waals surface area (Å²) in [6, 6.07) is 14.0. The summed E-state index contributed by atoms with van der Waals surface area (Å²) in [4.78, 5) is 8.66. The summed E-state index contributed by atoms with van der Waals surface area (Å²) in [7, 11) is 3.25. The van der Waals surface area contributed by atoms with Gasteiger partial charge in [-0.2, -0.15) is 4.98 Å². The monoisotopic (exact) mass is 382 g/mol. The molecular formula is C21H23FN4O2. The Labute approximate surface area is 163 Å². The molecule has 0 saturated carbocycles. The standard InChI is InChI=1S/C21H23FN4O2/c1-27-18-8-5-15(13-19(18)28-2)9-11-23-20-10-12-24-21(26-20)25-14-16-3-6-17(22)7-4-16/h3-8,10,12-13H,9,11,14H2,1-2H3,(H2,23,24,25,26). The average Bonchev–Trinajstić information content (AvgIpc) is 2.73. The Balaban J connectivity index is 1.52. The maximum absolute atomic E-state index is 13.0. The minimum atomic E-state index is -0.249. The first-order valence-corrected chi connectivity index (χ1v) is 8.94. The van der Waals surface area contributed by atoms with Crippen molar-refractivity contribution in [2.45, 2.75) is 13.0 Å². The van der Waals surface area contributed by atoms with Crippen LogP contribution in [0.1, 0.15) is 11.1 Å². The van der Waals surface area contributed by atoms with Crippen molar-refractivity contribution < 1.29 is 13.9 Å². The molecular weight excluding hydrogens is 359 g/mol. The van der Waals surface area contributed by atoms with Gasteiger partial charge in [0.25, 0.3) is 0 Å². The van der Waals surface area contributed by atoms with Gasteiger partial charge in [-0.3, -0.25) is 0 Å². The third kappa shape index (κ3) is 5.33. The molecule has 3 aromatic rings. The number of halogens is 1. The number of nitrogens with zero attached hydrogens (tertiary/aromatic N) is 2. The van der Waals surface area contributed by atoms with Crippen LogP contribution in [0, 0.1) is 5.82 Å². The van der Waals surface area contributed by atoms with Crippen molar-refractivity contribution in [3.05, 3.63) is 71.7 Å². The van der Waals surface area contributed by atoms with Gasteiger partial charge < -0.3 is 20.1 Å². The fourth-order valence-electron chi connectivity index (χ4n) is 2.70. The smallest absolute Gasteiger partial charge is 0.224 e. The Morgan fingerprint density at radius 2 is 1.64 bits per heavy atom. The molecule has 0 radical (unpaired) electrons. The zero-order valence-electron chi connectivity index (χ0n) is 15.9. The Kier molecular flexibility index (Phi) is 6.62. The van der Waals surface area contributed by atoms with Crippen molar-refractivity contribution >= 4 is 11.8 Å². The molecule has 7 heteroatoms. The van der Waals surface area contributed by atoms with Crippen LogP contribution in [0.4, 0.5) is 16.2 Å². The zero-order chi connectivity index (χ0) is 19.8. The third-order valence-corrected chi connectivity index (χ3v) is 4.19. The maximum atomic E-state index is 13.0. The summed E-state index contributed by atoms with van der Waals surface area (Å²) < 4.78 is 23.5. The van der Waals surface area contributed by atoms with Gasteiger partial charge in [0, 0.05) is 19.3 Å². The van der Waals surface area contributed by atoms with Gasteiger partial charge >= 0.3 is 0 Å². The van der Waals surface area contributed by atoms with Crippen molar-refractivity contribution in [1.82, 2.24) is 9.97 Å². The van der Waals surface area contributed by atoms with Crippen molar-refractivity contribution in [3.8, 4) is 11.5 Å². The number of nitrogens with one attached hydrogen (secondary N) is 2. The summed E-state index contributed by atoms with van der Waals surface area (Å²) in [6.45, 7) is 1.24. The number of hydrogen-bond acceptors (Lipinski definition) is 6. The Bertz CT molecular complexity index is 903. The molecule has 0 fully saturated rings. The van der Waals surface area contributed by atoms with E-state index < -0.39 is 0 Å². The fraction of sp³-hybridized carbons (Fsp3) is 0.238. The number of benzene rings is 2. The highest BCUT2D eigenvalue weighted by Crippen LogP contribution is 2.27. The number of rotatable bonds is 9. The lowest BCUT2D eigenvalue weighted by Crippen LogP contribution is -2.09. The molecule has 1 heterocycles. The Morgan fingerprint density at radius 3 is 2.39 bits per heavy atom. The van der Waals surface area contributed by atoms with E-state index >= 15 is 0 Å². The van der Waals surface area contributed by atoms with Crippen molar-refractivity contribution in [2.75, 3.05) is 31.4 Å². The van der Waals surface area contributed by atoms with Crippen molar-refractivity contribution in [3.63, 3.8) is 0 Å². The predicted octanol–water partition coefficient (Wildman–Crippen LogP) is 3.90. The highest BCUT2D eigenvalue weighted by Gasteiger charge is 2.05.